The minimum atomic E-state index is -4.99. The van der Waals surface area contributed by atoms with Crippen molar-refractivity contribution in [3.63, 3.8) is 0 Å². The van der Waals surface area contributed by atoms with Crippen LogP contribution < -0.4 is 0 Å². The number of halogens is 3. The van der Waals surface area contributed by atoms with E-state index in [-0.39, 0.29) is 5.56 Å². The molecule has 0 fully saturated rings. The standard InChI is InChI=1S/C14H15F3O3/c1-13(2,3)20-12(19)10(14(15,16)17)11(18)9-7-5-4-6-8-9/h4-8,10H,1-3H3. The van der Waals surface area contributed by atoms with Crippen LogP contribution in [0.15, 0.2) is 30.3 Å². The van der Waals surface area contributed by atoms with Crippen molar-refractivity contribution in [2.75, 3.05) is 0 Å². The lowest BCUT2D eigenvalue weighted by molar-refractivity contribution is -0.194. The minimum Gasteiger partial charge on any atom is -0.459 e. The average Bonchev–Trinajstić information content (AvgIpc) is 2.25. The molecular weight excluding hydrogens is 273 g/mol. The molecule has 0 spiro atoms. The van der Waals surface area contributed by atoms with Crippen LogP contribution in [0.3, 0.4) is 0 Å². The van der Waals surface area contributed by atoms with E-state index in [0.717, 1.165) is 0 Å². The van der Waals surface area contributed by atoms with E-state index in [4.69, 9.17) is 0 Å². The molecule has 0 aliphatic rings. The number of hydrogen-bond donors (Lipinski definition) is 0. The maximum atomic E-state index is 13.0. The number of carbonyl (C=O) groups excluding carboxylic acids is 2. The van der Waals surface area contributed by atoms with Gasteiger partial charge < -0.3 is 4.74 Å². The summed E-state index contributed by atoms with van der Waals surface area (Å²) in [6.07, 6.45) is -4.99. The van der Waals surface area contributed by atoms with Gasteiger partial charge in [-0.05, 0) is 20.8 Å². The van der Waals surface area contributed by atoms with Crippen LogP contribution in [-0.2, 0) is 9.53 Å². The second kappa shape index (κ2) is 5.64. The van der Waals surface area contributed by atoms with Gasteiger partial charge in [0, 0.05) is 5.56 Å². The van der Waals surface area contributed by atoms with E-state index in [2.05, 4.69) is 4.74 Å². The molecule has 0 aromatic heterocycles. The van der Waals surface area contributed by atoms with Crippen LogP contribution in [0.1, 0.15) is 31.1 Å². The zero-order valence-electron chi connectivity index (χ0n) is 11.3. The molecule has 0 radical (unpaired) electrons. The van der Waals surface area contributed by atoms with Crippen molar-refractivity contribution in [1.29, 1.82) is 0 Å². The van der Waals surface area contributed by atoms with Crippen molar-refractivity contribution in [2.45, 2.75) is 32.5 Å². The Bertz CT molecular complexity index is 487. The molecule has 20 heavy (non-hydrogen) atoms. The summed E-state index contributed by atoms with van der Waals surface area (Å²) >= 11 is 0. The van der Waals surface area contributed by atoms with Crippen molar-refractivity contribution >= 4 is 11.8 Å². The van der Waals surface area contributed by atoms with Gasteiger partial charge in [0.15, 0.2) is 5.78 Å². The predicted octanol–water partition coefficient (Wildman–Crippen LogP) is 3.39. The number of esters is 1. The van der Waals surface area contributed by atoms with Crippen molar-refractivity contribution in [3.05, 3.63) is 35.9 Å². The van der Waals surface area contributed by atoms with Crippen LogP contribution in [0.5, 0.6) is 0 Å². The zero-order chi connectivity index (χ0) is 15.6. The van der Waals surface area contributed by atoms with Crippen LogP contribution in [0.4, 0.5) is 13.2 Å². The van der Waals surface area contributed by atoms with Gasteiger partial charge in [0.2, 0.25) is 5.92 Å². The monoisotopic (exact) mass is 288 g/mol. The summed E-state index contributed by atoms with van der Waals surface area (Å²) in [4.78, 5) is 23.6. The number of Topliss-reactive ketones (excluding diaryl/α,β-unsaturated/α-hetero) is 1. The molecule has 110 valence electrons. The number of carbonyl (C=O) groups is 2. The largest absolute Gasteiger partial charge is 0.459 e. The summed E-state index contributed by atoms with van der Waals surface area (Å²) in [5, 5.41) is 0. The first kappa shape index (κ1) is 16.2. The van der Waals surface area contributed by atoms with Crippen molar-refractivity contribution in [3.8, 4) is 0 Å². The average molecular weight is 288 g/mol. The van der Waals surface area contributed by atoms with Crippen LogP contribution in [0, 0.1) is 5.92 Å². The Morgan fingerprint density at radius 2 is 1.55 bits per heavy atom. The summed E-state index contributed by atoms with van der Waals surface area (Å²) in [7, 11) is 0. The topological polar surface area (TPSA) is 43.4 Å². The summed E-state index contributed by atoms with van der Waals surface area (Å²) in [6, 6.07) is 6.87. The fourth-order valence-corrected chi connectivity index (χ4v) is 1.52. The Labute approximate surface area is 114 Å². The Kier molecular flexibility index (Phi) is 4.57. The normalized spacial score (nSPS) is 13.7. The molecular formula is C14H15F3O3. The lowest BCUT2D eigenvalue weighted by Crippen LogP contribution is -2.41. The van der Waals surface area contributed by atoms with Crippen LogP contribution in [0.2, 0.25) is 0 Å². The van der Waals surface area contributed by atoms with Gasteiger partial charge in [0.1, 0.15) is 5.60 Å². The van der Waals surface area contributed by atoms with E-state index in [1.807, 2.05) is 0 Å². The van der Waals surface area contributed by atoms with Gasteiger partial charge in [0.05, 0.1) is 0 Å². The number of ether oxygens (including phenoxy) is 1. The van der Waals surface area contributed by atoms with Crippen molar-refractivity contribution in [2.24, 2.45) is 5.92 Å². The zero-order valence-corrected chi connectivity index (χ0v) is 11.3. The molecule has 0 bridgehead atoms. The smallest absolute Gasteiger partial charge is 0.409 e. The third-order valence-electron chi connectivity index (χ3n) is 2.29. The highest BCUT2D eigenvalue weighted by molar-refractivity contribution is 6.09. The van der Waals surface area contributed by atoms with Gasteiger partial charge in [-0.1, -0.05) is 30.3 Å². The number of rotatable bonds is 3. The third-order valence-corrected chi connectivity index (χ3v) is 2.29. The van der Waals surface area contributed by atoms with E-state index in [9.17, 15) is 22.8 Å². The van der Waals surface area contributed by atoms with E-state index in [0.29, 0.717) is 0 Å². The number of alkyl halides is 3. The van der Waals surface area contributed by atoms with E-state index in [1.165, 1.54) is 45.0 Å². The van der Waals surface area contributed by atoms with Crippen LogP contribution in [-0.4, -0.2) is 23.5 Å². The highest BCUT2D eigenvalue weighted by Gasteiger charge is 2.52. The fraction of sp³-hybridized carbons (Fsp3) is 0.429. The highest BCUT2D eigenvalue weighted by Crippen LogP contribution is 2.31. The first-order valence-electron chi connectivity index (χ1n) is 5.91. The quantitative estimate of drug-likeness (QED) is 0.486. The molecule has 1 aromatic carbocycles. The van der Waals surface area contributed by atoms with Gasteiger partial charge in [-0.15, -0.1) is 0 Å². The molecule has 0 amide bonds. The molecule has 0 N–H and O–H groups in total. The lowest BCUT2D eigenvalue weighted by atomic mass is 9.97. The molecule has 1 unspecified atom stereocenters. The molecule has 3 nitrogen and oxygen atoms in total. The lowest BCUT2D eigenvalue weighted by Gasteiger charge is -2.24. The van der Waals surface area contributed by atoms with Crippen LogP contribution >= 0.6 is 0 Å². The van der Waals surface area contributed by atoms with Crippen molar-refractivity contribution in [1.82, 2.24) is 0 Å². The first-order valence-corrected chi connectivity index (χ1v) is 5.91. The van der Waals surface area contributed by atoms with Crippen LogP contribution in [0.25, 0.3) is 0 Å². The number of hydrogen-bond acceptors (Lipinski definition) is 3. The Hall–Kier alpha value is -1.85. The summed E-state index contributed by atoms with van der Waals surface area (Å²) in [5.41, 5.74) is -1.28. The van der Waals surface area contributed by atoms with Gasteiger partial charge in [-0.25, -0.2) is 0 Å². The Morgan fingerprint density at radius 1 is 1.05 bits per heavy atom. The van der Waals surface area contributed by atoms with E-state index in [1.54, 1.807) is 6.07 Å². The molecule has 1 atom stereocenters. The maximum absolute atomic E-state index is 13.0. The summed E-state index contributed by atoms with van der Waals surface area (Å²) in [5.74, 6) is -5.70. The molecule has 0 saturated carbocycles. The molecule has 6 heteroatoms. The van der Waals surface area contributed by atoms with E-state index < -0.39 is 29.4 Å². The molecule has 0 heterocycles. The molecule has 0 aliphatic heterocycles. The van der Waals surface area contributed by atoms with Gasteiger partial charge >= 0.3 is 12.1 Å². The SMILES string of the molecule is CC(C)(C)OC(=O)C(C(=O)c1ccccc1)C(F)(F)F. The fourth-order valence-electron chi connectivity index (χ4n) is 1.52. The Balaban J connectivity index is 3.09. The van der Waals surface area contributed by atoms with E-state index >= 15 is 0 Å². The Morgan fingerprint density at radius 3 is 1.95 bits per heavy atom. The first-order chi connectivity index (χ1) is 9.02. The molecule has 0 aliphatic carbocycles. The second-order valence-electron chi connectivity index (χ2n) is 5.24. The molecule has 1 rings (SSSR count). The van der Waals surface area contributed by atoms with Gasteiger partial charge in [0.25, 0.3) is 0 Å². The predicted molar refractivity (Wildman–Crippen MR) is 66.2 cm³/mol. The summed E-state index contributed by atoms with van der Waals surface area (Å²) < 4.78 is 43.6. The van der Waals surface area contributed by atoms with Crippen molar-refractivity contribution < 1.29 is 27.5 Å². The maximum Gasteiger partial charge on any atom is 0.409 e. The highest BCUT2D eigenvalue weighted by atomic mass is 19.4. The number of benzene rings is 1. The second-order valence-corrected chi connectivity index (χ2v) is 5.24. The molecule has 0 saturated heterocycles. The van der Waals surface area contributed by atoms with Gasteiger partial charge in [-0.3, -0.25) is 9.59 Å². The molecule has 1 aromatic rings. The summed E-state index contributed by atoms with van der Waals surface area (Å²) in [6.45, 7) is 4.31. The third kappa shape index (κ3) is 4.36. The van der Waals surface area contributed by atoms with Gasteiger partial charge in [-0.2, -0.15) is 13.2 Å². The minimum absolute atomic E-state index is 0.180. The number of ketones is 1.